The molecule has 0 atom stereocenters. The van der Waals surface area contributed by atoms with Gasteiger partial charge >= 0.3 is 0 Å². The van der Waals surface area contributed by atoms with Crippen molar-refractivity contribution in [1.82, 2.24) is 14.7 Å². The molecule has 0 spiro atoms. The molecule has 7 heteroatoms. The van der Waals surface area contributed by atoms with Gasteiger partial charge < -0.3 is 9.32 Å². The number of aromatic nitrogens is 2. The summed E-state index contributed by atoms with van der Waals surface area (Å²) in [5.41, 5.74) is -0.0433. The van der Waals surface area contributed by atoms with E-state index in [2.05, 4.69) is 5.10 Å². The maximum atomic E-state index is 13.1. The molecular formula is C19H16FN3O3. The van der Waals surface area contributed by atoms with E-state index < -0.39 is 11.3 Å². The zero-order chi connectivity index (χ0) is 18.1. The Bertz CT molecular complexity index is 976. The third-order valence-electron chi connectivity index (χ3n) is 4.26. The number of rotatable bonds is 5. The Morgan fingerprint density at radius 3 is 2.65 bits per heavy atom. The van der Waals surface area contributed by atoms with Crippen molar-refractivity contribution in [3.8, 4) is 5.69 Å². The van der Waals surface area contributed by atoms with E-state index in [1.807, 2.05) is 0 Å². The third kappa shape index (κ3) is 3.28. The minimum Gasteiger partial charge on any atom is -0.467 e. The number of hydrogen-bond acceptors (Lipinski definition) is 4. The summed E-state index contributed by atoms with van der Waals surface area (Å²) in [6.45, 7) is 0.295. The fraction of sp³-hybridized carbons (Fsp3) is 0.211. The van der Waals surface area contributed by atoms with Crippen LogP contribution in [0.3, 0.4) is 0 Å². The Kier molecular flexibility index (Phi) is 4.12. The van der Waals surface area contributed by atoms with E-state index in [1.165, 1.54) is 41.2 Å². The molecule has 0 saturated heterocycles. The molecule has 0 aliphatic heterocycles. The summed E-state index contributed by atoms with van der Waals surface area (Å²) in [4.78, 5) is 26.8. The van der Waals surface area contributed by atoms with Gasteiger partial charge in [0.25, 0.3) is 5.91 Å². The van der Waals surface area contributed by atoms with Crippen LogP contribution in [-0.2, 0) is 6.54 Å². The van der Waals surface area contributed by atoms with Gasteiger partial charge in [0.05, 0.1) is 18.5 Å². The molecule has 0 N–H and O–H groups in total. The van der Waals surface area contributed by atoms with Gasteiger partial charge in [0.15, 0.2) is 5.69 Å². The van der Waals surface area contributed by atoms with Crippen molar-refractivity contribution in [2.45, 2.75) is 25.4 Å². The van der Waals surface area contributed by atoms with Crippen molar-refractivity contribution in [1.29, 1.82) is 0 Å². The van der Waals surface area contributed by atoms with E-state index in [1.54, 1.807) is 23.3 Å². The summed E-state index contributed by atoms with van der Waals surface area (Å²) < 4.78 is 19.8. The number of nitrogens with zero attached hydrogens (tertiary/aromatic N) is 3. The summed E-state index contributed by atoms with van der Waals surface area (Å²) in [5, 5.41) is 4.19. The first-order valence-corrected chi connectivity index (χ1v) is 8.31. The molecule has 1 amide bonds. The van der Waals surface area contributed by atoms with E-state index in [9.17, 15) is 14.0 Å². The Labute approximate surface area is 148 Å². The quantitative estimate of drug-likeness (QED) is 0.707. The van der Waals surface area contributed by atoms with Crippen molar-refractivity contribution in [3.63, 3.8) is 0 Å². The Morgan fingerprint density at radius 1 is 1.23 bits per heavy atom. The monoisotopic (exact) mass is 353 g/mol. The van der Waals surface area contributed by atoms with Gasteiger partial charge in [-0.2, -0.15) is 5.10 Å². The Balaban J connectivity index is 1.67. The second-order valence-corrected chi connectivity index (χ2v) is 6.19. The maximum Gasteiger partial charge on any atom is 0.279 e. The smallest absolute Gasteiger partial charge is 0.279 e. The number of furan rings is 1. The number of benzene rings is 1. The maximum absolute atomic E-state index is 13.1. The van der Waals surface area contributed by atoms with Crippen LogP contribution in [0.1, 0.15) is 29.1 Å². The van der Waals surface area contributed by atoms with Crippen LogP contribution in [0.5, 0.6) is 0 Å². The first-order valence-electron chi connectivity index (χ1n) is 8.31. The van der Waals surface area contributed by atoms with Gasteiger partial charge in [0, 0.05) is 18.3 Å². The van der Waals surface area contributed by atoms with Crippen LogP contribution in [-0.4, -0.2) is 26.6 Å². The minimum atomic E-state index is -0.446. The van der Waals surface area contributed by atoms with Gasteiger partial charge in [-0.3, -0.25) is 9.59 Å². The standard InChI is InChI=1S/C19H16FN3O3/c20-13-3-5-15(6-4-13)23-10-9-17(24)18(21-23)19(25)22(14-7-8-14)12-16-2-1-11-26-16/h1-6,9-11,14H,7-8,12H2. The van der Waals surface area contributed by atoms with Crippen LogP contribution in [0.2, 0.25) is 0 Å². The lowest BCUT2D eigenvalue weighted by molar-refractivity contribution is 0.0708. The molecule has 4 rings (SSSR count). The van der Waals surface area contributed by atoms with Crippen LogP contribution >= 0.6 is 0 Å². The topological polar surface area (TPSA) is 68.3 Å². The second kappa shape index (κ2) is 6.59. The van der Waals surface area contributed by atoms with Crippen LogP contribution in [0, 0.1) is 5.82 Å². The average molecular weight is 353 g/mol. The fourth-order valence-corrected chi connectivity index (χ4v) is 2.75. The van der Waals surface area contributed by atoms with Crippen LogP contribution in [0.15, 0.2) is 64.1 Å². The summed E-state index contributed by atoms with van der Waals surface area (Å²) in [7, 11) is 0. The lowest BCUT2D eigenvalue weighted by Gasteiger charge is -2.20. The number of amides is 1. The van der Waals surface area contributed by atoms with Gasteiger partial charge in [-0.05, 0) is 49.2 Å². The first-order chi connectivity index (χ1) is 12.6. The molecule has 0 radical (unpaired) electrons. The number of carbonyl (C=O) groups is 1. The molecule has 0 bridgehead atoms. The van der Waals surface area contributed by atoms with Crippen LogP contribution in [0.25, 0.3) is 5.69 Å². The summed E-state index contributed by atoms with van der Waals surface area (Å²) in [6.07, 6.45) is 4.80. The zero-order valence-electron chi connectivity index (χ0n) is 13.8. The van der Waals surface area contributed by atoms with Gasteiger partial charge in [-0.25, -0.2) is 9.07 Å². The minimum absolute atomic E-state index is 0.0910. The predicted octanol–water partition coefficient (Wildman–Crippen LogP) is 2.77. The number of halogens is 1. The lowest BCUT2D eigenvalue weighted by atomic mass is 10.2. The number of hydrogen-bond donors (Lipinski definition) is 0. The molecule has 1 saturated carbocycles. The second-order valence-electron chi connectivity index (χ2n) is 6.19. The van der Waals surface area contributed by atoms with E-state index in [0.717, 1.165) is 12.8 Å². The van der Waals surface area contributed by atoms with Gasteiger partial charge in [0.1, 0.15) is 11.6 Å². The van der Waals surface area contributed by atoms with Crippen LogP contribution in [0.4, 0.5) is 4.39 Å². The summed E-state index contributed by atoms with van der Waals surface area (Å²) in [5.74, 6) is -0.144. The SMILES string of the molecule is O=C(c1nn(-c2ccc(F)cc2)ccc1=O)N(Cc1ccco1)C1CC1. The highest BCUT2D eigenvalue weighted by Gasteiger charge is 2.35. The van der Waals surface area contributed by atoms with Crippen molar-refractivity contribution in [3.05, 3.63) is 82.4 Å². The first kappa shape index (κ1) is 16.3. The molecule has 6 nitrogen and oxygen atoms in total. The highest BCUT2D eigenvalue weighted by Crippen LogP contribution is 2.29. The van der Waals surface area contributed by atoms with Crippen molar-refractivity contribution >= 4 is 5.91 Å². The molecule has 132 valence electrons. The van der Waals surface area contributed by atoms with Crippen molar-refractivity contribution < 1.29 is 13.6 Å². The van der Waals surface area contributed by atoms with Crippen molar-refractivity contribution in [2.24, 2.45) is 0 Å². The van der Waals surface area contributed by atoms with Crippen LogP contribution < -0.4 is 5.43 Å². The number of carbonyl (C=O) groups excluding carboxylic acids is 1. The molecule has 1 aromatic carbocycles. The molecule has 1 aliphatic rings. The molecule has 26 heavy (non-hydrogen) atoms. The van der Waals surface area contributed by atoms with Gasteiger partial charge in [-0.1, -0.05) is 0 Å². The molecular weight excluding hydrogens is 337 g/mol. The Hall–Kier alpha value is -3.22. The molecule has 0 unspecified atom stereocenters. The van der Waals surface area contributed by atoms with E-state index in [-0.39, 0.29) is 17.6 Å². The molecule has 2 aromatic heterocycles. The largest absolute Gasteiger partial charge is 0.467 e. The van der Waals surface area contributed by atoms with E-state index in [4.69, 9.17) is 4.42 Å². The molecule has 3 aromatic rings. The average Bonchev–Trinajstić information content (AvgIpc) is 3.36. The molecule has 2 heterocycles. The highest BCUT2D eigenvalue weighted by atomic mass is 19.1. The third-order valence-corrected chi connectivity index (χ3v) is 4.26. The Morgan fingerprint density at radius 2 is 2.00 bits per heavy atom. The van der Waals surface area contributed by atoms with Gasteiger partial charge in [0.2, 0.25) is 5.43 Å². The molecule has 1 fully saturated rings. The normalized spacial score (nSPS) is 13.6. The highest BCUT2D eigenvalue weighted by molar-refractivity contribution is 5.92. The summed E-state index contributed by atoms with van der Waals surface area (Å²) in [6, 6.07) is 10.6. The van der Waals surface area contributed by atoms with Gasteiger partial charge in [-0.15, -0.1) is 0 Å². The predicted molar refractivity (Wildman–Crippen MR) is 91.4 cm³/mol. The summed E-state index contributed by atoms with van der Waals surface area (Å²) >= 11 is 0. The lowest BCUT2D eigenvalue weighted by Crippen LogP contribution is -2.37. The van der Waals surface area contributed by atoms with E-state index in [0.29, 0.717) is 18.0 Å². The zero-order valence-corrected chi connectivity index (χ0v) is 13.8. The fourth-order valence-electron chi connectivity index (χ4n) is 2.75. The van der Waals surface area contributed by atoms with E-state index >= 15 is 0 Å². The van der Waals surface area contributed by atoms with Crippen molar-refractivity contribution in [2.75, 3.05) is 0 Å². The molecule has 1 aliphatic carbocycles.